The van der Waals surface area contributed by atoms with Crippen LogP contribution in [0, 0.1) is 5.82 Å². The maximum Gasteiger partial charge on any atom is 0.343 e. The zero-order valence-electron chi connectivity index (χ0n) is 16.9. The van der Waals surface area contributed by atoms with Gasteiger partial charge in [0.15, 0.2) is 18.1 Å². The highest BCUT2D eigenvalue weighted by molar-refractivity contribution is 9.10. The van der Waals surface area contributed by atoms with E-state index in [0.29, 0.717) is 22.6 Å². The second-order valence-corrected chi connectivity index (χ2v) is 7.26. The summed E-state index contributed by atoms with van der Waals surface area (Å²) >= 11 is 3.31. The number of hydrogen-bond donors (Lipinski definition) is 1. The van der Waals surface area contributed by atoms with Crippen molar-refractivity contribution in [3.63, 3.8) is 0 Å². The third kappa shape index (κ3) is 6.64. The molecule has 3 aromatic carbocycles. The lowest BCUT2D eigenvalue weighted by Gasteiger charge is -2.10. The Kier molecular flexibility index (Phi) is 7.93. The van der Waals surface area contributed by atoms with E-state index in [-0.39, 0.29) is 12.4 Å². The van der Waals surface area contributed by atoms with Crippen molar-refractivity contribution in [3.05, 3.63) is 88.1 Å². The lowest BCUT2D eigenvalue weighted by molar-refractivity contribution is -0.123. The standard InChI is InChI=1S/C23H18BrFN2O5/c1-30-21-11-15(5-10-20(21)32-23(29)16-3-2-4-17(24)12-16)13-26-27-22(28)14-31-19-8-6-18(25)7-9-19/h2-13H,14H2,1H3,(H,27,28). The molecule has 3 aromatic rings. The van der Waals surface area contributed by atoms with Crippen LogP contribution in [0.4, 0.5) is 4.39 Å². The van der Waals surface area contributed by atoms with E-state index < -0.39 is 17.7 Å². The van der Waals surface area contributed by atoms with Crippen LogP contribution in [-0.2, 0) is 4.79 Å². The molecule has 1 amide bonds. The summed E-state index contributed by atoms with van der Waals surface area (Å²) in [5.74, 6) is -0.481. The lowest BCUT2D eigenvalue weighted by Crippen LogP contribution is -2.24. The van der Waals surface area contributed by atoms with Crippen molar-refractivity contribution in [3.8, 4) is 17.2 Å². The Morgan fingerprint density at radius 2 is 1.84 bits per heavy atom. The average molecular weight is 501 g/mol. The number of rotatable bonds is 8. The molecular weight excluding hydrogens is 483 g/mol. The van der Waals surface area contributed by atoms with E-state index in [2.05, 4.69) is 26.5 Å². The first-order valence-corrected chi connectivity index (χ1v) is 10.1. The van der Waals surface area contributed by atoms with Gasteiger partial charge in [-0.05, 0) is 66.2 Å². The van der Waals surface area contributed by atoms with Crippen molar-refractivity contribution in [2.45, 2.75) is 0 Å². The van der Waals surface area contributed by atoms with Gasteiger partial charge in [-0.3, -0.25) is 4.79 Å². The second-order valence-electron chi connectivity index (χ2n) is 6.35. The first kappa shape index (κ1) is 23.0. The van der Waals surface area contributed by atoms with Gasteiger partial charge in [0.2, 0.25) is 0 Å². The lowest BCUT2D eigenvalue weighted by atomic mass is 10.2. The van der Waals surface area contributed by atoms with Crippen LogP contribution in [0.15, 0.2) is 76.3 Å². The number of hydrazone groups is 1. The molecule has 0 atom stereocenters. The molecule has 0 radical (unpaired) electrons. The van der Waals surface area contributed by atoms with Crippen LogP contribution in [0.1, 0.15) is 15.9 Å². The van der Waals surface area contributed by atoms with Crippen LogP contribution in [0.25, 0.3) is 0 Å². The van der Waals surface area contributed by atoms with E-state index in [1.807, 2.05) is 0 Å². The number of nitrogens with one attached hydrogen (secondary N) is 1. The van der Waals surface area contributed by atoms with Gasteiger partial charge in [0.05, 0.1) is 18.9 Å². The fourth-order valence-corrected chi connectivity index (χ4v) is 2.91. The van der Waals surface area contributed by atoms with E-state index in [0.717, 1.165) is 4.47 Å². The summed E-state index contributed by atoms with van der Waals surface area (Å²) < 4.78 is 29.6. The molecule has 0 saturated carbocycles. The molecule has 0 saturated heterocycles. The predicted octanol–water partition coefficient (Wildman–Crippen LogP) is 4.35. The van der Waals surface area contributed by atoms with Crippen molar-refractivity contribution < 1.29 is 28.2 Å². The van der Waals surface area contributed by atoms with E-state index in [9.17, 15) is 14.0 Å². The van der Waals surface area contributed by atoms with Gasteiger partial charge in [0.1, 0.15) is 11.6 Å². The summed E-state index contributed by atoms with van der Waals surface area (Å²) in [4.78, 5) is 24.2. The molecule has 32 heavy (non-hydrogen) atoms. The number of esters is 1. The van der Waals surface area contributed by atoms with Crippen LogP contribution < -0.4 is 19.6 Å². The summed E-state index contributed by atoms with van der Waals surface area (Å²) in [7, 11) is 1.45. The summed E-state index contributed by atoms with van der Waals surface area (Å²) in [5.41, 5.74) is 3.31. The number of methoxy groups -OCH3 is 1. The normalized spacial score (nSPS) is 10.6. The molecule has 0 aromatic heterocycles. The molecule has 0 bridgehead atoms. The highest BCUT2D eigenvalue weighted by atomic mass is 79.9. The number of carbonyl (C=O) groups excluding carboxylic acids is 2. The molecule has 0 fully saturated rings. The van der Waals surface area contributed by atoms with Crippen LogP contribution in [0.2, 0.25) is 0 Å². The minimum atomic E-state index is -0.528. The van der Waals surface area contributed by atoms with Gasteiger partial charge < -0.3 is 14.2 Å². The van der Waals surface area contributed by atoms with Crippen LogP contribution in [-0.4, -0.2) is 31.8 Å². The summed E-state index contributed by atoms with van der Waals surface area (Å²) in [6.45, 7) is -0.281. The highest BCUT2D eigenvalue weighted by Gasteiger charge is 2.13. The Bertz CT molecular complexity index is 1140. The quantitative estimate of drug-likeness (QED) is 0.215. The summed E-state index contributed by atoms with van der Waals surface area (Å²) in [6, 6.07) is 17.0. The first-order valence-electron chi connectivity index (χ1n) is 9.30. The molecule has 0 spiro atoms. The monoisotopic (exact) mass is 500 g/mol. The SMILES string of the molecule is COc1cc(C=NNC(=O)COc2ccc(F)cc2)ccc1OC(=O)c1cccc(Br)c1. The third-order valence-corrected chi connectivity index (χ3v) is 4.53. The molecule has 0 aliphatic heterocycles. The van der Waals surface area contributed by atoms with Gasteiger partial charge in [0.25, 0.3) is 5.91 Å². The van der Waals surface area contributed by atoms with Gasteiger partial charge in [-0.1, -0.05) is 22.0 Å². The second kappa shape index (κ2) is 11.1. The Morgan fingerprint density at radius 3 is 2.56 bits per heavy atom. The van der Waals surface area contributed by atoms with E-state index in [1.54, 1.807) is 42.5 Å². The minimum absolute atomic E-state index is 0.242. The fraction of sp³-hybridized carbons (Fsp3) is 0.0870. The predicted molar refractivity (Wildman–Crippen MR) is 120 cm³/mol. The first-order chi connectivity index (χ1) is 15.4. The zero-order valence-corrected chi connectivity index (χ0v) is 18.5. The van der Waals surface area contributed by atoms with Gasteiger partial charge in [-0.25, -0.2) is 14.6 Å². The van der Waals surface area contributed by atoms with Crippen molar-refractivity contribution >= 4 is 34.0 Å². The third-order valence-electron chi connectivity index (χ3n) is 4.04. The maximum absolute atomic E-state index is 12.9. The minimum Gasteiger partial charge on any atom is -0.493 e. The number of benzene rings is 3. The van der Waals surface area contributed by atoms with Crippen molar-refractivity contribution in [1.29, 1.82) is 0 Å². The smallest absolute Gasteiger partial charge is 0.343 e. The van der Waals surface area contributed by atoms with Crippen molar-refractivity contribution in [1.82, 2.24) is 5.43 Å². The molecule has 164 valence electrons. The van der Waals surface area contributed by atoms with Crippen LogP contribution in [0.5, 0.6) is 17.2 Å². The van der Waals surface area contributed by atoms with Crippen molar-refractivity contribution in [2.24, 2.45) is 5.10 Å². The average Bonchev–Trinajstić information content (AvgIpc) is 2.79. The zero-order chi connectivity index (χ0) is 22.9. The number of hydrogen-bond acceptors (Lipinski definition) is 6. The summed E-state index contributed by atoms with van der Waals surface area (Å²) in [5, 5.41) is 3.86. The molecule has 0 aliphatic carbocycles. The van der Waals surface area contributed by atoms with Crippen LogP contribution >= 0.6 is 15.9 Å². The highest BCUT2D eigenvalue weighted by Crippen LogP contribution is 2.28. The molecule has 0 heterocycles. The number of ether oxygens (including phenoxy) is 3. The van der Waals surface area contributed by atoms with Gasteiger partial charge in [-0.15, -0.1) is 0 Å². The molecule has 0 unspecified atom stereocenters. The molecule has 1 N–H and O–H groups in total. The van der Waals surface area contributed by atoms with Gasteiger partial charge in [-0.2, -0.15) is 5.10 Å². The fourth-order valence-electron chi connectivity index (χ4n) is 2.51. The van der Waals surface area contributed by atoms with Crippen molar-refractivity contribution in [2.75, 3.05) is 13.7 Å². The Morgan fingerprint density at radius 1 is 1.06 bits per heavy atom. The molecule has 3 rings (SSSR count). The summed E-state index contributed by atoms with van der Waals surface area (Å²) in [6.07, 6.45) is 1.40. The van der Waals surface area contributed by atoms with E-state index in [4.69, 9.17) is 14.2 Å². The number of amides is 1. The molecule has 9 heteroatoms. The van der Waals surface area contributed by atoms with E-state index >= 15 is 0 Å². The van der Waals surface area contributed by atoms with Gasteiger partial charge >= 0.3 is 5.97 Å². The van der Waals surface area contributed by atoms with Gasteiger partial charge in [0, 0.05) is 4.47 Å². The molecule has 7 nitrogen and oxygen atoms in total. The van der Waals surface area contributed by atoms with E-state index in [1.165, 1.54) is 37.6 Å². The number of halogens is 2. The Labute approximate surface area is 191 Å². The Hall–Kier alpha value is -3.72. The largest absolute Gasteiger partial charge is 0.493 e. The topological polar surface area (TPSA) is 86.2 Å². The Balaban J connectivity index is 1.56. The van der Waals surface area contributed by atoms with Crippen LogP contribution in [0.3, 0.4) is 0 Å². The molecular formula is C23H18BrFN2O5. The molecule has 0 aliphatic rings. The number of nitrogens with zero attached hydrogens (tertiary/aromatic N) is 1. The number of carbonyl (C=O) groups is 2. The maximum atomic E-state index is 12.9.